The number of carbonyl (C=O) groups is 2. The summed E-state index contributed by atoms with van der Waals surface area (Å²) in [5.41, 5.74) is 1.35. The van der Waals surface area contributed by atoms with Gasteiger partial charge in [-0.3, -0.25) is 13.9 Å². The van der Waals surface area contributed by atoms with Gasteiger partial charge in [0.15, 0.2) is 10.9 Å². The Morgan fingerprint density at radius 1 is 1.20 bits per heavy atom. The van der Waals surface area contributed by atoms with Gasteiger partial charge in [-0.1, -0.05) is 41.9 Å². The van der Waals surface area contributed by atoms with E-state index in [1.54, 1.807) is 53.9 Å². The molecule has 10 heteroatoms. The predicted molar refractivity (Wildman–Crippen MR) is 116 cm³/mol. The van der Waals surface area contributed by atoms with Crippen LogP contribution in [0, 0.1) is 0 Å². The predicted octanol–water partition coefficient (Wildman–Crippen LogP) is 3.44. The number of carbonyl (C=O) groups excluding carboxylic acids is 2. The van der Waals surface area contributed by atoms with Crippen molar-refractivity contribution in [2.24, 2.45) is 0 Å². The summed E-state index contributed by atoms with van der Waals surface area (Å²) < 4.78 is 27.3. The molecule has 154 valence electrons. The molecule has 2 heterocycles. The van der Waals surface area contributed by atoms with Gasteiger partial charge in [-0.05, 0) is 29.3 Å². The zero-order valence-corrected chi connectivity index (χ0v) is 17.9. The lowest BCUT2D eigenvalue weighted by Crippen LogP contribution is -2.34. The van der Waals surface area contributed by atoms with E-state index in [0.717, 1.165) is 0 Å². The Labute approximate surface area is 182 Å². The van der Waals surface area contributed by atoms with Crippen LogP contribution in [0.2, 0.25) is 5.02 Å². The molecule has 30 heavy (non-hydrogen) atoms. The number of nitrogens with zero attached hydrogens (tertiary/aromatic N) is 2. The first kappa shape index (κ1) is 20.5. The molecule has 0 spiro atoms. The van der Waals surface area contributed by atoms with Crippen LogP contribution in [0.3, 0.4) is 0 Å². The summed E-state index contributed by atoms with van der Waals surface area (Å²) in [7, 11) is -4.00. The van der Waals surface area contributed by atoms with E-state index >= 15 is 0 Å². The number of anilines is 2. The molecule has 1 N–H and O–H groups in total. The molecule has 1 atom stereocenters. The molecule has 7 nitrogen and oxygen atoms in total. The third kappa shape index (κ3) is 4.09. The maximum atomic E-state index is 13.1. The molecule has 1 unspecified atom stereocenters. The lowest BCUT2D eigenvalue weighted by Gasteiger charge is -2.24. The molecular weight excluding hydrogens is 446 g/mol. The topological polar surface area (TPSA) is 96.4 Å². The number of nitrogens with one attached hydrogen (secondary N) is 1. The van der Waals surface area contributed by atoms with Crippen molar-refractivity contribution < 1.29 is 18.0 Å². The molecule has 0 fully saturated rings. The standard InChI is InChI=1S/C20H16ClN3O4S2/c21-14-7-5-13(6-8-14)11-24-16-4-2-1-3-15(16)18(17(25)12-30(24,27)28)19(26)23-20-22-9-10-29-20/h1-10,18H,11-12H2,(H,22,23,26). The first-order chi connectivity index (χ1) is 14.3. The highest BCUT2D eigenvalue weighted by Crippen LogP contribution is 2.36. The van der Waals surface area contributed by atoms with E-state index in [1.165, 1.54) is 21.8 Å². The average Bonchev–Trinajstić information content (AvgIpc) is 3.18. The fourth-order valence-electron chi connectivity index (χ4n) is 3.31. The number of rotatable bonds is 4. The van der Waals surface area contributed by atoms with Crippen molar-refractivity contribution in [1.82, 2.24) is 4.98 Å². The molecule has 1 aliphatic rings. The van der Waals surface area contributed by atoms with Crippen LogP contribution in [0.25, 0.3) is 0 Å². The number of hydrogen-bond acceptors (Lipinski definition) is 6. The second-order valence-electron chi connectivity index (χ2n) is 6.67. The number of sulfonamides is 1. The highest BCUT2D eigenvalue weighted by Gasteiger charge is 2.41. The van der Waals surface area contributed by atoms with Crippen molar-refractivity contribution in [1.29, 1.82) is 0 Å². The van der Waals surface area contributed by atoms with E-state index in [9.17, 15) is 18.0 Å². The van der Waals surface area contributed by atoms with Gasteiger partial charge in [0.25, 0.3) is 0 Å². The second-order valence-corrected chi connectivity index (χ2v) is 9.90. The van der Waals surface area contributed by atoms with Crippen molar-refractivity contribution in [2.75, 3.05) is 15.4 Å². The zero-order valence-electron chi connectivity index (χ0n) is 15.5. The molecule has 2 aromatic carbocycles. The van der Waals surface area contributed by atoms with Crippen LogP contribution >= 0.6 is 22.9 Å². The van der Waals surface area contributed by atoms with Gasteiger partial charge >= 0.3 is 0 Å². The molecule has 0 bridgehead atoms. The van der Waals surface area contributed by atoms with Crippen molar-refractivity contribution in [3.05, 3.63) is 76.3 Å². The van der Waals surface area contributed by atoms with E-state index < -0.39 is 33.4 Å². The maximum Gasteiger partial charge on any atom is 0.242 e. The summed E-state index contributed by atoms with van der Waals surface area (Å²) in [6, 6.07) is 13.3. The van der Waals surface area contributed by atoms with E-state index in [4.69, 9.17) is 11.6 Å². The number of thiazole rings is 1. The zero-order chi connectivity index (χ0) is 21.3. The number of halogens is 1. The first-order valence-electron chi connectivity index (χ1n) is 8.92. The Hall–Kier alpha value is -2.75. The summed E-state index contributed by atoms with van der Waals surface area (Å²) in [5, 5.41) is 5.18. The highest BCUT2D eigenvalue weighted by atomic mass is 35.5. The quantitative estimate of drug-likeness (QED) is 0.600. The first-order valence-corrected chi connectivity index (χ1v) is 11.8. The third-order valence-electron chi connectivity index (χ3n) is 4.66. The van der Waals surface area contributed by atoms with Crippen LogP contribution in [0.15, 0.2) is 60.1 Å². The molecular formula is C20H16ClN3O4S2. The Morgan fingerprint density at radius 2 is 1.93 bits per heavy atom. The molecule has 0 saturated carbocycles. The van der Waals surface area contributed by atoms with E-state index in [1.807, 2.05) is 0 Å². The number of aromatic nitrogens is 1. The molecule has 0 aliphatic carbocycles. The van der Waals surface area contributed by atoms with E-state index in [2.05, 4.69) is 10.3 Å². The Morgan fingerprint density at radius 3 is 2.63 bits per heavy atom. The SMILES string of the molecule is O=C1CS(=O)(=O)N(Cc2ccc(Cl)cc2)c2ccccc2C1C(=O)Nc1nccs1. The van der Waals surface area contributed by atoms with Gasteiger partial charge in [0.2, 0.25) is 15.9 Å². The number of para-hydroxylation sites is 1. The average molecular weight is 462 g/mol. The molecule has 0 saturated heterocycles. The van der Waals surface area contributed by atoms with Crippen LogP contribution < -0.4 is 9.62 Å². The number of amides is 1. The second kappa shape index (κ2) is 8.17. The van der Waals surface area contributed by atoms with Gasteiger partial charge in [-0.2, -0.15) is 0 Å². The minimum atomic E-state index is -4.00. The lowest BCUT2D eigenvalue weighted by molar-refractivity contribution is -0.126. The number of ketones is 1. The maximum absolute atomic E-state index is 13.1. The van der Waals surface area contributed by atoms with Crippen molar-refractivity contribution in [3.8, 4) is 0 Å². The lowest BCUT2D eigenvalue weighted by atomic mass is 9.92. The van der Waals surface area contributed by atoms with Crippen LogP contribution in [-0.4, -0.2) is 30.8 Å². The molecule has 3 aromatic rings. The third-order valence-corrected chi connectivity index (χ3v) is 7.25. The van der Waals surface area contributed by atoms with Crippen LogP contribution in [0.1, 0.15) is 17.0 Å². The van der Waals surface area contributed by atoms with Crippen LogP contribution in [-0.2, 0) is 26.2 Å². The normalized spacial score (nSPS) is 17.8. The summed E-state index contributed by atoms with van der Waals surface area (Å²) in [6.45, 7) is 0.0185. The number of hydrogen-bond donors (Lipinski definition) is 1. The van der Waals surface area contributed by atoms with Crippen molar-refractivity contribution in [3.63, 3.8) is 0 Å². The summed E-state index contributed by atoms with van der Waals surface area (Å²) in [5.74, 6) is -3.32. The minimum Gasteiger partial charge on any atom is -0.301 e. The molecule has 0 radical (unpaired) electrons. The molecule has 1 amide bonds. The van der Waals surface area contributed by atoms with Crippen LogP contribution in [0.4, 0.5) is 10.8 Å². The van der Waals surface area contributed by atoms with Gasteiger partial charge in [0.05, 0.1) is 12.2 Å². The summed E-state index contributed by atoms with van der Waals surface area (Å²) in [6.07, 6.45) is 1.53. The molecule has 4 rings (SSSR count). The van der Waals surface area contributed by atoms with Gasteiger partial charge in [-0.15, -0.1) is 11.3 Å². The van der Waals surface area contributed by atoms with Crippen LogP contribution in [0.5, 0.6) is 0 Å². The van der Waals surface area contributed by atoms with Gasteiger partial charge in [0.1, 0.15) is 11.7 Å². The summed E-state index contributed by atoms with van der Waals surface area (Å²) >= 11 is 7.14. The Balaban J connectivity index is 1.76. The Bertz CT molecular complexity index is 1200. The molecule has 1 aromatic heterocycles. The van der Waals surface area contributed by atoms with Gasteiger partial charge in [-0.25, -0.2) is 13.4 Å². The van der Waals surface area contributed by atoms with Crippen molar-refractivity contribution in [2.45, 2.75) is 12.5 Å². The number of Topliss-reactive ketones (excluding diaryl/α,β-unsaturated/α-hetero) is 1. The number of fused-ring (bicyclic) bond motifs is 1. The van der Waals surface area contributed by atoms with E-state index in [-0.39, 0.29) is 6.54 Å². The molecule has 1 aliphatic heterocycles. The number of benzene rings is 2. The fraction of sp³-hybridized carbons (Fsp3) is 0.150. The fourth-order valence-corrected chi connectivity index (χ4v) is 5.46. The summed E-state index contributed by atoms with van der Waals surface area (Å²) in [4.78, 5) is 29.8. The van der Waals surface area contributed by atoms with Crippen molar-refractivity contribution >= 4 is 55.5 Å². The smallest absolute Gasteiger partial charge is 0.242 e. The Kier molecular flexibility index (Phi) is 5.59. The largest absolute Gasteiger partial charge is 0.301 e. The van der Waals surface area contributed by atoms with E-state index in [0.29, 0.717) is 27.0 Å². The van der Waals surface area contributed by atoms with Gasteiger partial charge < -0.3 is 5.32 Å². The van der Waals surface area contributed by atoms with Gasteiger partial charge in [0, 0.05) is 16.6 Å². The minimum absolute atomic E-state index is 0.0185. The monoisotopic (exact) mass is 461 g/mol. The highest BCUT2D eigenvalue weighted by molar-refractivity contribution is 7.93.